The Morgan fingerprint density at radius 1 is 1.48 bits per heavy atom. The number of sulfonamides is 1. The summed E-state index contributed by atoms with van der Waals surface area (Å²) in [6, 6.07) is 7.46. The van der Waals surface area contributed by atoms with Crippen molar-refractivity contribution < 1.29 is 8.42 Å². The molecule has 0 fully saturated rings. The van der Waals surface area contributed by atoms with Crippen LogP contribution in [0.15, 0.2) is 35.4 Å². The first-order valence-electron chi connectivity index (χ1n) is 6.43. The molecule has 7 heteroatoms. The van der Waals surface area contributed by atoms with Crippen LogP contribution in [0.1, 0.15) is 35.3 Å². The van der Waals surface area contributed by atoms with Crippen molar-refractivity contribution >= 4 is 21.4 Å². The summed E-state index contributed by atoms with van der Waals surface area (Å²) in [7, 11) is -3.67. The second-order valence-corrected chi connectivity index (χ2v) is 7.36. The summed E-state index contributed by atoms with van der Waals surface area (Å²) in [4.78, 5) is 5.44. The molecular formula is C14H15N3O2S2. The summed E-state index contributed by atoms with van der Waals surface area (Å²) in [5.74, 6) is 0. The third-order valence-corrected chi connectivity index (χ3v) is 5.76. The molecule has 1 aromatic carbocycles. The van der Waals surface area contributed by atoms with Crippen LogP contribution in [-0.4, -0.2) is 13.4 Å². The van der Waals surface area contributed by atoms with Crippen LogP contribution in [0.2, 0.25) is 0 Å². The van der Waals surface area contributed by atoms with Crippen molar-refractivity contribution in [3.63, 3.8) is 0 Å². The van der Waals surface area contributed by atoms with E-state index in [2.05, 4.69) is 9.71 Å². The van der Waals surface area contributed by atoms with Crippen LogP contribution in [-0.2, 0) is 16.4 Å². The molecule has 21 heavy (non-hydrogen) atoms. The van der Waals surface area contributed by atoms with Gasteiger partial charge >= 0.3 is 0 Å². The Morgan fingerprint density at radius 3 is 2.86 bits per heavy atom. The Hall–Kier alpha value is -1.75. The Morgan fingerprint density at radius 2 is 2.24 bits per heavy atom. The normalized spacial score (nSPS) is 12.8. The van der Waals surface area contributed by atoms with E-state index in [4.69, 9.17) is 5.26 Å². The van der Waals surface area contributed by atoms with Gasteiger partial charge in [-0.2, -0.15) is 5.26 Å². The second kappa shape index (κ2) is 6.35. The highest BCUT2D eigenvalue weighted by atomic mass is 32.2. The predicted molar refractivity (Wildman–Crippen MR) is 81.4 cm³/mol. The van der Waals surface area contributed by atoms with E-state index >= 15 is 0 Å². The Balaban J connectivity index is 2.22. The second-order valence-electron chi connectivity index (χ2n) is 4.50. The van der Waals surface area contributed by atoms with Gasteiger partial charge in [-0.15, -0.1) is 11.3 Å². The van der Waals surface area contributed by atoms with E-state index in [0.29, 0.717) is 5.56 Å². The fraction of sp³-hybridized carbons (Fsp3) is 0.286. The zero-order valence-corrected chi connectivity index (χ0v) is 13.3. The van der Waals surface area contributed by atoms with Crippen molar-refractivity contribution in [2.45, 2.75) is 31.2 Å². The number of aryl methyl sites for hydroxylation is 1. The van der Waals surface area contributed by atoms with Crippen molar-refractivity contribution in [1.29, 1.82) is 5.26 Å². The van der Waals surface area contributed by atoms with Crippen LogP contribution in [0.4, 0.5) is 0 Å². The molecule has 0 aliphatic rings. The van der Waals surface area contributed by atoms with E-state index in [0.717, 1.165) is 16.3 Å². The standard InChI is InChI=1S/C14H15N3O2S2/c1-3-12-9-16-14(20-12)10(2)17-21(18,19)13-6-4-5-11(7-13)8-15/h4-7,9-10,17H,3H2,1-2H3. The van der Waals surface area contributed by atoms with Crippen LogP contribution in [0.25, 0.3) is 0 Å². The summed E-state index contributed by atoms with van der Waals surface area (Å²) in [5, 5.41) is 9.57. The maximum atomic E-state index is 12.3. The van der Waals surface area contributed by atoms with Gasteiger partial charge in [-0.25, -0.2) is 18.1 Å². The predicted octanol–water partition coefficient (Wildman–Crippen LogP) is 2.62. The molecule has 2 aromatic rings. The summed E-state index contributed by atoms with van der Waals surface area (Å²) in [6.45, 7) is 3.78. The van der Waals surface area contributed by atoms with E-state index in [9.17, 15) is 8.42 Å². The molecule has 1 unspecified atom stereocenters. The molecule has 0 spiro atoms. The number of aromatic nitrogens is 1. The molecule has 1 aromatic heterocycles. The highest BCUT2D eigenvalue weighted by molar-refractivity contribution is 7.89. The van der Waals surface area contributed by atoms with Crippen LogP contribution in [0, 0.1) is 11.3 Å². The monoisotopic (exact) mass is 321 g/mol. The van der Waals surface area contributed by atoms with E-state index in [1.807, 2.05) is 13.0 Å². The van der Waals surface area contributed by atoms with Crippen LogP contribution < -0.4 is 4.72 Å². The zero-order chi connectivity index (χ0) is 15.5. The molecule has 2 rings (SSSR count). The van der Waals surface area contributed by atoms with E-state index in [-0.39, 0.29) is 4.90 Å². The first kappa shape index (κ1) is 15.6. The number of thiazole rings is 1. The quantitative estimate of drug-likeness (QED) is 0.917. The number of hydrogen-bond acceptors (Lipinski definition) is 5. The molecule has 0 saturated carbocycles. The average molecular weight is 321 g/mol. The fourth-order valence-electron chi connectivity index (χ4n) is 1.77. The molecule has 0 aliphatic heterocycles. The number of benzene rings is 1. The molecule has 0 saturated heterocycles. The van der Waals surface area contributed by atoms with Gasteiger partial charge in [-0.3, -0.25) is 0 Å². The van der Waals surface area contributed by atoms with Gasteiger partial charge in [0.25, 0.3) is 0 Å². The van der Waals surface area contributed by atoms with Crippen molar-refractivity contribution in [3.05, 3.63) is 45.9 Å². The largest absolute Gasteiger partial charge is 0.248 e. The maximum Gasteiger partial charge on any atom is 0.241 e. The van der Waals surface area contributed by atoms with Crippen molar-refractivity contribution in [2.24, 2.45) is 0 Å². The van der Waals surface area contributed by atoms with E-state index < -0.39 is 16.1 Å². The molecule has 1 heterocycles. The van der Waals surface area contributed by atoms with Crippen LogP contribution in [0.3, 0.4) is 0 Å². The minimum absolute atomic E-state index is 0.0840. The lowest BCUT2D eigenvalue weighted by Gasteiger charge is -2.12. The summed E-state index contributed by atoms with van der Waals surface area (Å²) < 4.78 is 27.2. The van der Waals surface area contributed by atoms with Gasteiger partial charge in [-0.1, -0.05) is 13.0 Å². The smallest absolute Gasteiger partial charge is 0.241 e. The summed E-state index contributed by atoms with van der Waals surface area (Å²) in [5.41, 5.74) is 0.313. The van der Waals surface area contributed by atoms with Gasteiger partial charge in [0.05, 0.1) is 22.6 Å². The molecule has 110 valence electrons. The van der Waals surface area contributed by atoms with Crippen molar-refractivity contribution in [1.82, 2.24) is 9.71 Å². The van der Waals surface area contributed by atoms with Gasteiger partial charge in [0.15, 0.2) is 0 Å². The molecule has 0 bridgehead atoms. The SMILES string of the molecule is CCc1cnc(C(C)NS(=O)(=O)c2cccc(C#N)c2)s1. The molecule has 1 N–H and O–H groups in total. The lowest BCUT2D eigenvalue weighted by atomic mass is 10.2. The van der Waals surface area contributed by atoms with Gasteiger partial charge in [0.1, 0.15) is 5.01 Å². The Kier molecular flexibility index (Phi) is 4.73. The number of nitriles is 1. The zero-order valence-electron chi connectivity index (χ0n) is 11.7. The first-order valence-corrected chi connectivity index (χ1v) is 8.73. The number of hydrogen-bond donors (Lipinski definition) is 1. The molecular weight excluding hydrogens is 306 g/mol. The van der Waals surface area contributed by atoms with E-state index in [1.54, 1.807) is 25.3 Å². The highest BCUT2D eigenvalue weighted by Crippen LogP contribution is 2.22. The third kappa shape index (κ3) is 3.67. The van der Waals surface area contributed by atoms with Gasteiger partial charge in [0, 0.05) is 11.1 Å². The topological polar surface area (TPSA) is 82.8 Å². The molecule has 0 amide bonds. The Labute approximate surface area is 128 Å². The van der Waals surface area contributed by atoms with Gasteiger partial charge in [-0.05, 0) is 31.5 Å². The van der Waals surface area contributed by atoms with Crippen LogP contribution in [0.5, 0.6) is 0 Å². The average Bonchev–Trinajstić information content (AvgIpc) is 2.96. The van der Waals surface area contributed by atoms with Crippen molar-refractivity contribution in [3.8, 4) is 6.07 Å². The minimum Gasteiger partial charge on any atom is -0.248 e. The first-order chi connectivity index (χ1) is 9.96. The molecule has 0 aliphatic carbocycles. The number of nitrogens with zero attached hydrogens (tertiary/aromatic N) is 2. The van der Waals surface area contributed by atoms with Crippen LogP contribution >= 0.6 is 11.3 Å². The van der Waals surface area contributed by atoms with Gasteiger partial charge in [0.2, 0.25) is 10.0 Å². The summed E-state index contributed by atoms with van der Waals surface area (Å²) in [6.07, 6.45) is 2.64. The van der Waals surface area contributed by atoms with Gasteiger partial charge < -0.3 is 0 Å². The molecule has 5 nitrogen and oxygen atoms in total. The van der Waals surface area contributed by atoms with E-state index in [1.165, 1.54) is 23.5 Å². The highest BCUT2D eigenvalue weighted by Gasteiger charge is 2.20. The molecule has 0 radical (unpaired) electrons. The van der Waals surface area contributed by atoms with Crippen molar-refractivity contribution in [2.75, 3.05) is 0 Å². The molecule has 1 atom stereocenters. The Bertz CT molecular complexity index is 776. The lowest BCUT2D eigenvalue weighted by molar-refractivity contribution is 0.566. The maximum absolute atomic E-state index is 12.3. The lowest BCUT2D eigenvalue weighted by Crippen LogP contribution is -2.26. The minimum atomic E-state index is -3.67. The summed E-state index contributed by atoms with van der Waals surface area (Å²) >= 11 is 1.49. The number of rotatable bonds is 5. The fourth-order valence-corrected chi connectivity index (χ4v) is 3.96. The third-order valence-electron chi connectivity index (χ3n) is 2.90. The number of nitrogens with one attached hydrogen (secondary N) is 1.